The van der Waals surface area contributed by atoms with Gasteiger partial charge in [0.2, 0.25) is 0 Å². The Bertz CT molecular complexity index is 956. The summed E-state index contributed by atoms with van der Waals surface area (Å²) < 4.78 is 15.8. The third kappa shape index (κ3) is 3.98. The molecule has 3 aromatic rings. The number of aliphatic hydroxyl groups is 1. The first-order valence-electron chi connectivity index (χ1n) is 9.62. The van der Waals surface area contributed by atoms with Gasteiger partial charge in [0.05, 0.1) is 17.5 Å². The van der Waals surface area contributed by atoms with Gasteiger partial charge < -0.3 is 5.11 Å². The number of aliphatic hydroxyl groups excluding tert-OH is 1. The minimum Gasteiger partial charge on any atom is -0.391 e. The third-order valence-electron chi connectivity index (χ3n) is 5.35. The number of halogens is 1. The molecular weight excluding hydrogens is 355 g/mol. The maximum absolute atomic E-state index is 14.0. The summed E-state index contributed by atoms with van der Waals surface area (Å²) in [5, 5.41) is 15.1. The molecule has 4 rings (SSSR count). The summed E-state index contributed by atoms with van der Waals surface area (Å²) in [7, 11) is 0. The molecule has 0 unspecified atom stereocenters. The average Bonchev–Trinajstić information content (AvgIpc) is 3.17. The van der Waals surface area contributed by atoms with Crippen molar-refractivity contribution in [3.05, 3.63) is 77.1 Å². The predicted molar refractivity (Wildman–Crippen MR) is 106 cm³/mol. The lowest BCUT2D eigenvalue weighted by molar-refractivity contribution is 0.140. The number of hydrogen-bond acceptors (Lipinski definition) is 4. The molecule has 146 valence electrons. The second-order valence-corrected chi connectivity index (χ2v) is 7.66. The molecule has 0 saturated carbocycles. The molecule has 0 spiro atoms. The van der Waals surface area contributed by atoms with Gasteiger partial charge in [0.15, 0.2) is 0 Å². The fourth-order valence-corrected chi connectivity index (χ4v) is 4.06. The van der Waals surface area contributed by atoms with Crippen LogP contribution in [0.15, 0.2) is 48.7 Å². The van der Waals surface area contributed by atoms with Crippen LogP contribution in [-0.4, -0.2) is 44.0 Å². The first-order valence-corrected chi connectivity index (χ1v) is 9.62. The molecule has 28 heavy (non-hydrogen) atoms. The number of aromatic nitrogens is 3. The zero-order valence-corrected chi connectivity index (χ0v) is 16.2. The first kappa shape index (κ1) is 18.8. The summed E-state index contributed by atoms with van der Waals surface area (Å²) >= 11 is 0. The zero-order valence-electron chi connectivity index (χ0n) is 16.2. The van der Waals surface area contributed by atoms with Crippen LogP contribution in [0.25, 0.3) is 5.69 Å². The van der Waals surface area contributed by atoms with Crippen LogP contribution in [0.4, 0.5) is 4.39 Å². The van der Waals surface area contributed by atoms with Crippen LogP contribution in [0.1, 0.15) is 22.6 Å². The van der Waals surface area contributed by atoms with E-state index in [9.17, 15) is 9.50 Å². The van der Waals surface area contributed by atoms with E-state index in [0.717, 1.165) is 41.3 Å². The van der Waals surface area contributed by atoms with Crippen molar-refractivity contribution < 1.29 is 9.50 Å². The van der Waals surface area contributed by atoms with E-state index in [1.807, 2.05) is 42.8 Å². The fourth-order valence-electron chi connectivity index (χ4n) is 4.06. The Hall–Kier alpha value is -2.57. The van der Waals surface area contributed by atoms with E-state index in [0.29, 0.717) is 13.1 Å². The van der Waals surface area contributed by atoms with E-state index in [1.54, 1.807) is 18.3 Å². The van der Waals surface area contributed by atoms with Crippen molar-refractivity contribution in [1.82, 2.24) is 19.7 Å². The van der Waals surface area contributed by atoms with Crippen molar-refractivity contribution >= 4 is 0 Å². The van der Waals surface area contributed by atoms with Crippen molar-refractivity contribution in [3.8, 4) is 5.69 Å². The molecule has 0 bridgehead atoms. The predicted octanol–water partition coefficient (Wildman–Crippen LogP) is 3.06. The molecule has 0 radical (unpaired) electrons. The normalized spacial score (nSPS) is 20.0. The number of likely N-dealkylation sites (tertiary alicyclic amines) is 1. The van der Waals surface area contributed by atoms with E-state index >= 15 is 0 Å². The Morgan fingerprint density at radius 3 is 2.71 bits per heavy atom. The standard InChI is InChI=1S/C22H25FN4O/c1-15-9-16(2)27(25-15)21-7-6-19(23)10-17(21)12-26-13-18(22(28)14-26)11-20-5-3-4-8-24-20/h3-10,18,22,28H,11-14H2,1-2H3/t18-,22-/m1/s1. The summed E-state index contributed by atoms with van der Waals surface area (Å²) in [4.78, 5) is 6.56. The van der Waals surface area contributed by atoms with Crippen LogP contribution in [0, 0.1) is 25.6 Å². The van der Waals surface area contributed by atoms with Crippen molar-refractivity contribution in [2.24, 2.45) is 5.92 Å². The van der Waals surface area contributed by atoms with Gasteiger partial charge in [-0.15, -0.1) is 0 Å². The van der Waals surface area contributed by atoms with Gasteiger partial charge in [-0.05, 0) is 62.2 Å². The lowest BCUT2D eigenvalue weighted by Gasteiger charge is -2.19. The lowest BCUT2D eigenvalue weighted by Crippen LogP contribution is -2.22. The van der Waals surface area contributed by atoms with Gasteiger partial charge in [-0.3, -0.25) is 9.88 Å². The van der Waals surface area contributed by atoms with Gasteiger partial charge in [-0.2, -0.15) is 5.10 Å². The number of rotatable bonds is 5. The number of pyridine rings is 1. The van der Waals surface area contributed by atoms with Crippen LogP contribution in [0.5, 0.6) is 0 Å². The van der Waals surface area contributed by atoms with E-state index in [2.05, 4.69) is 15.0 Å². The van der Waals surface area contributed by atoms with Gasteiger partial charge in [0, 0.05) is 43.1 Å². The van der Waals surface area contributed by atoms with Crippen molar-refractivity contribution in [2.45, 2.75) is 32.9 Å². The Balaban J connectivity index is 1.53. The summed E-state index contributed by atoms with van der Waals surface area (Å²) in [6, 6.07) is 12.7. The lowest BCUT2D eigenvalue weighted by atomic mass is 10.00. The highest BCUT2D eigenvalue weighted by molar-refractivity contribution is 5.42. The second kappa shape index (κ2) is 7.81. The largest absolute Gasteiger partial charge is 0.391 e. The van der Waals surface area contributed by atoms with Gasteiger partial charge in [0.25, 0.3) is 0 Å². The highest BCUT2D eigenvalue weighted by Crippen LogP contribution is 2.25. The van der Waals surface area contributed by atoms with E-state index < -0.39 is 6.10 Å². The number of nitrogens with zero attached hydrogens (tertiary/aromatic N) is 4. The average molecular weight is 380 g/mol. The molecule has 1 saturated heterocycles. The van der Waals surface area contributed by atoms with Crippen molar-refractivity contribution in [3.63, 3.8) is 0 Å². The summed E-state index contributed by atoms with van der Waals surface area (Å²) in [6.07, 6.45) is 2.11. The Morgan fingerprint density at radius 2 is 2.00 bits per heavy atom. The number of hydrogen-bond donors (Lipinski definition) is 1. The number of benzene rings is 1. The SMILES string of the molecule is Cc1cc(C)n(-c2ccc(F)cc2CN2C[C@@H](Cc3ccccn3)[C@H](O)C2)n1. The molecule has 1 N–H and O–H groups in total. The molecule has 1 fully saturated rings. The summed E-state index contributed by atoms with van der Waals surface area (Å²) in [5.74, 6) is -0.134. The highest BCUT2D eigenvalue weighted by Gasteiger charge is 2.32. The quantitative estimate of drug-likeness (QED) is 0.739. The molecule has 1 aliphatic heterocycles. The topological polar surface area (TPSA) is 54.2 Å². The summed E-state index contributed by atoms with van der Waals surface area (Å²) in [6.45, 7) is 5.85. The maximum Gasteiger partial charge on any atom is 0.123 e. The molecule has 2 atom stereocenters. The molecule has 5 nitrogen and oxygen atoms in total. The molecule has 1 aromatic carbocycles. The van der Waals surface area contributed by atoms with Crippen molar-refractivity contribution in [2.75, 3.05) is 13.1 Å². The highest BCUT2D eigenvalue weighted by atomic mass is 19.1. The molecule has 0 amide bonds. The van der Waals surface area contributed by atoms with Gasteiger partial charge >= 0.3 is 0 Å². The van der Waals surface area contributed by atoms with Crippen LogP contribution in [-0.2, 0) is 13.0 Å². The van der Waals surface area contributed by atoms with E-state index in [1.165, 1.54) is 6.07 Å². The fraction of sp³-hybridized carbons (Fsp3) is 0.364. The summed E-state index contributed by atoms with van der Waals surface area (Å²) in [5.41, 5.74) is 4.69. The third-order valence-corrected chi connectivity index (χ3v) is 5.35. The molecule has 3 heterocycles. The number of β-amino-alcohol motifs (C(OH)–C–C–N with tert-alkyl or cyclic N) is 1. The smallest absolute Gasteiger partial charge is 0.123 e. The van der Waals surface area contributed by atoms with Crippen LogP contribution in [0.3, 0.4) is 0 Å². The second-order valence-electron chi connectivity index (χ2n) is 7.66. The Kier molecular flexibility index (Phi) is 5.24. The Morgan fingerprint density at radius 1 is 1.14 bits per heavy atom. The first-order chi connectivity index (χ1) is 13.5. The monoisotopic (exact) mass is 380 g/mol. The maximum atomic E-state index is 14.0. The molecule has 6 heteroatoms. The molecular formula is C22H25FN4O. The van der Waals surface area contributed by atoms with Crippen molar-refractivity contribution in [1.29, 1.82) is 0 Å². The molecule has 1 aliphatic rings. The minimum absolute atomic E-state index is 0.126. The van der Waals surface area contributed by atoms with E-state index in [4.69, 9.17) is 0 Å². The molecule has 0 aliphatic carbocycles. The zero-order chi connectivity index (χ0) is 19.7. The van der Waals surface area contributed by atoms with Gasteiger partial charge in [-0.1, -0.05) is 6.07 Å². The van der Waals surface area contributed by atoms with Gasteiger partial charge in [-0.25, -0.2) is 9.07 Å². The van der Waals surface area contributed by atoms with E-state index in [-0.39, 0.29) is 11.7 Å². The minimum atomic E-state index is -0.410. The Labute approximate surface area is 164 Å². The van der Waals surface area contributed by atoms with Crippen LogP contribution >= 0.6 is 0 Å². The van der Waals surface area contributed by atoms with Crippen LogP contribution < -0.4 is 0 Å². The van der Waals surface area contributed by atoms with Gasteiger partial charge in [0.1, 0.15) is 5.82 Å². The van der Waals surface area contributed by atoms with Crippen LogP contribution in [0.2, 0.25) is 0 Å². The molecule has 2 aromatic heterocycles. The number of aryl methyl sites for hydroxylation is 2.